The highest BCUT2D eigenvalue weighted by Crippen LogP contribution is 2.36. The lowest BCUT2D eigenvalue weighted by atomic mass is 9.94. The van der Waals surface area contributed by atoms with Crippen LogP contribution < -0.4 is 16.0 Å². The van der Waals surface area contributed by atoms with Crippen LogP contribution in [-0.2, 0) is 38.2 Å². The number of hydrogen-bond donors (Lipinski definition) is 4. The summed E-state index contributed by atoms with van der Waals surface area (Å²) in [6, 6.07) is 3.28. The molecule has 0 spiro atoms. The van der Waals surface area contributed by atoms with Gasteiger partial charge < -0.3 is 40.2 Å². The maximum atomic E-state index is 12.7. The van der Waals surface area contributed by atoms with Crippen molar-refractivity contribution in [3.8, 4) is 0 Å². The molecule has 0 saturated carbocycles. The van der Waals surface area contributed by atoms with Crippen molar-refractivity contribution in [3.63, 3.8) is 0 Å². The summed E-state index contributed by atoms with van der Waals surface area (Å²) >= 11 is 0. The lowest BCUT2D eigenvalue weighted by Crippen LogP contribution is -2.36. The zero-order valence-corrected chi connectivity index (χ0v) is 22.1. The van der Waals surface area contributed by atoms with Crippen molar-refractivity contribution in [1.82, 2.24) is 25.8 Å². The molecule has 1 aliphatic rings. The van der Waals surface area contributed by atoms with E-state index in [4.69, 9.17) is 19.3 Å². The predicted molar refractivity (Wildman–Crippen MR) is 136 cm³/mol. The first kappa shape index (κ1) is 31.6. The molecule has 2 atom stereocenters. The zero-order valence-electron chi connectivity index (χ0n) is 22.1. The van der Waals surface area contributed by atoms with Crippen LogP contribution in [0, 0.1) is 5.92 Å². The van der Waals surface area contributed by atoms with Crippen molar-refractivity contribution in [1.29, 1.82) is 0 Å². The SMILES string of the molecule is CN1C(=O)C[C@H](C(=O)NCCOCCOCCC(=O)NCCC(=O)NCCOCC(=O)O)[C@H]1c1cccnc1. The molecule has 0 radical (unpaired) electrons. The molecule has 4 N–H and O–H groups in total. The van der Waals surface area contributed by atoms with E-state index in [9.17, 15) is 24.0 Å². The number of amides is 4. The van der Waals surface area contributed by atoms with E-state index in [1.165, 1.54) is 0 Å². The molecule has 39 heavy (non-hydrogen) atoms. The average molecular weight is 552 g/mol. The van der Waals surface area contributed by atoms with Crippen LogP contribution in [0.5, 0.6) is 0 Å². The number of rotatable bonds is 19. The maximum absolute atomic E-state index is 12.7. The Bertz CT molecular complexity index is 947. The number of carboxylic acid groups (broad SMARTS) is 1. The van der Waals surface area contributed by atoms with E-state index < -0.39 is 18.5 Å². The van der Waals surface area contributed by atoms with E-state index >= 15 is 0 Å². The predicted octanol–water partition coefficient (Wildman–Crippen LogP) is -1.14. The highest BCUT2D eigenvalue weighted by molar-refractivity contribution is 5.90. The first-order valence-electron chi connectivity index (χ1n) is 12.7. The van der Waals surface area contributed by atoms with E-state index in [1.807, 2.05) is 6.07 Å². The topological polar surface area (TPSA) is 185 Å². The third-order valence-electron chi connectivity index (χ3n) is 5.81. The fraction of sp³-hybridized carbons (Fsp3) is 0.600. The number of ether oxygens (including phenoxy) is 3. The number of pyridine rings is 1. The molecule has 216 valence electrons. The van der Waals surface area contributed by atoms with Gasteiger partial charge in [0.1, 0.15) is 6.61 Å². The highest BCUT2D eigenvalue weighted by Gasteiger charge is 2.42. The van der Waals surface area contributed by atoms with Gasteiger partial charge in [0.15, 0.2) is 0 Å². The molecule has 2 rings (SSSR count). The Kier molecular flexibility index (Phi) is 14.4. The number of likely N-dealkylation sites (tertiary alicyclic amines) is 1. The highest BCUT2D eigenvalue weighted by atomic mass is 16.5. The minimum absolute atomic E-state index is 0.0890. The number of hydrogen-bond acceptors (Lipinski definition) is 9. The van der Waals surface area contributed by atoms with Gasteiger partial charge in [-0.2, -0.15) is 0 Å². The smallest absolute Gasteiger partial charge is 0.329 e. The number of carbonyl (C=O) groups is 5. The third-order valence-corrected chi connectivity index (χ3v) is 5.81. The first-order chi connectivity index (χ1) is 18.8. The second-order valence-corrected chi connectivity index (χ2v) is 8.71. The van der Waals surface area contributed by atoms with Gasteiger partial charge in [-0.3, -0.25) is 24.2 Å². The van der Waals surface area contributed by atoms with Crippen molar-refractivity contribution in [2.45, 2.75) is 25.3 Å². The summed E-state index contributed by atoms with van der Waals surface area (Å²) < 4.78 is 15.6. The van der Waals surface area contributed by atoms with Gasteiger partial charge in [0.25, 0.3) is 0 Å². The van der Waals surface area contributed by atoms with Gasteiger partial charge >= 0.3 is 5.97 Å². The van der Waals surface area contributed by atoms with Crippen molar-refractivity contribution in [2.75, 3.05) is 66.3 Å². The lowest BCUT2D eigenvalue weighted by Gasteiger charge is -2.24. The summed E-state index contributed by atoms with van der Waals surface area (Å²) in [7, 11) is 1.69. The van der Waals surface area contributed by atoms with E-state index in [0.717, 1.165) is 5.56 Å². The Balaban J connectivity index is 1.45. The van der Waals surface area contributed by atoms with Gasteiger partial charge in [-0.15, -0.1) is 0 Å². The first-order valence-corrected chi connectivity index (χ1v) is 12.7. The molecule has 14 nitrogen and oxygen atoms in total. The molecule has 0 aliphatic carbocycles. The largest absolute Gasteiger partial charge is 0.480 e. The average Bonchev–Trinajstić information content (AvgIpc) is 3.21. The summed E-state index contributed by atoms with van der Waals surface area (Å²) in [5.41, 5.74) is 0.816. The lowest BCUT2D eigenvalue weighted by molar-refractivity contribution is -0.142. The van der Waals surface area contributed by atoms with Crippen LogP contribution in [-0.4, -0.2) is 111 Å². The molecule has 1 aliphatic heterocycles. The molecule has 1 aromatic heterocycles. The molecule has 2 heterocycles. The summed E-state index contributed by atoms with van der Waals surface area (Å²) in [6.07, 6.45) is 3.67. The molecule has 1 fully saturated rings. The van der Waals surface area contributed by atoms with Crippen LogP contribution in [0.4, 0.5) is 0 Å². The molecular weight excluding hydrogens is 514 g/mol. The van der Waals surface area contributed by atoms with Gasteiger partial charge in [0.2, 0.25) is 23.6 Å². The Hall–Kier alpha value is -3.62. The second kappa shape index (κ2) is 17.8. The summed E-state index contributed by atoms with van der Waals surface area (Å²) in [4.78, 5) is 64.3. The second-order valence-electron chi connectivity index (χ2n) is 8.71. The molecule has 1 saturated heterocycles. The normalized spacial score (nSPS) is 16.6. The molecule has 0 bridgehead atoms. The van der Waals surface area contributed by atoms with E-state index in [2.05, 4.69) is 20.9 Å². The zero-order chi connectivity index (χ0) is 28.5. The van der Waals surface area contributed by atoms with Crippen LogP contribution >= 0.6 is 0 Å². The van der Waals surface area contributed by atoms with Crippen molar-refractivity contribution < 1.29 is 43.3 Å². The quantitative estimate of drug-likeness (QED) is 0.153. The standard InChI is InChI=1S/C25H37N5O9/c1-30-22(33)15-19(24(30)18-3-2-6-26-16-18)25(36)29-9-11-38-14-13-37-10-5-21(32)27-7-4-20(31)28-8-12-39-17-23(34)35/h2-3,6,16,19,24H,4-5,7-15,17H2,1H3,(H,27,32)(H,28,31)(H,29,36)(H,34,35)/t19-,24+/m0/s1. The molecule has 1 aromatic rings. The van der Waals surface area contributed by atoms with E-state index in [0.29, 0.717) is 6.54 Å². The number of nitrogens with one attached hydrogen (secondary N) is 3. The summed E-state index contributed by atoms with van der Waals surface area (Å²) in [6.45, 7) is 1.35. The Morgan fingerprint density at radius 3 is 2.33 bits per heavy atom. The number of carbonyl (C=O) groups excluding carboxylic acids is 4. The van der Waals surface area contributed by atoms with Gasteiger partial charge in [-0.1, -0.05) is 6.07 Å². The maximum Gasteiger partial charge on any atom is 0.329 e. The van der Waals surface area contributed by atoms with E-state index in [-0.39, 0.29) is 95.1 Å². The van der Waals surface area contributed by atoms with Gasteiger partial charge in [-0.05, 0) is 11.6 Å². The Morgan fingerprint density at radius 1 is 0.949 bits per heavy atom. The van der Waals surface area contributed by atoms with Crippen LogP contribution in [0.1, 0.15) is 30.9 Å². The number of nitrogens with zero attached hydrogens (tertiary/aromatic N) is 2. The van der Waals surface area contributed by atoms with Crippen molar-refractivity contribution in [3.05, 3.63) is 30.1 Å². The fourth-order valence-electron chi connectivity index (χ4n) is 3.89. The molecular formula is C25H37N5O9. The number of carboxylic acids is 1. The van der Waals surface area contributed by atoms with Crippen LogP contribution in [0.2, 0.25) is 0 Å². The van der Waals surface area contributed by atoms with Gasteiger partial charge in [0.05, 0.1) is 45.0 Å². The minimum atomic E-state index is -1.08. The van der Waals surface area contributed by atoms with E-state index in [1.54, 1.807) is 30.4 Å². The number of aromatic nitrogens is 1. The molecule has 14 heteroatoms. The van der Waals surface area contributed by atoms with Crippen LogP contribution in [0.3, 0.4) is 0 Å². The third kappa shape index (κ3) is 12.2. The van der Waals surface area contributed by atoms with Crippen molar-refractivity contribution in [2.24, 2.45) is 5.92 Å². The molecule has 0 aromatic carbocycles. The molecule has 0 unspecified atom stereocenters. The molecule has 4 amide bonds. The number of aliphatic carboxylic acids is 1. The van der Waals surface area contributed by atoms with Crippen LogP contribution in [0.15, 0.2) is 24.5 Å². The summed E-state index contributed by atoms with van der Waals surface area (Å²) in [5, 5.41) is 16.4. The van der Waals surface area contributed by atoms with Gasteiger partial charge in [-0.25, -0.2) is 4.79 Å². The monoisotopic (exact) mass is 551 g/mol. The minimum Gasteiger partial charge on any atom is -0.480 e. The fourth-order valence-corrected chi connectivity index (χ4v) is 3.89. The Morgan fingerprint density at radius 2 is 1.62 bits per heavy atom. The van der Waals surface area contributed by atoms with Gasteiger partial charge in [0, 0.05) is 58.3 Å². The summed E-state index contributed by atoms with van der Waals surface area (Å²) in [5.74, 6) is -2.41. The Labute approximate surface area is 226 Å². The van der Waals surface area contributed by atoms with Crippen molar-refractivity contribution >= 4 is 29.6 Å². The van der Waals surface area contributed by atoms with Crippen LogP contribution in [0.25, 0.3) is 0 Å².